The maximum atomic E-state index is 13.0. The van der Waals surface area contributed by atoms with E-state index >= 15 is 0 Å². The van der Waals surface area contributed by atoms with Gasteiger partial charge in [-0.3, -0.25) is 9.48 Å². The van der Waals surface area contributed by atoms with Crippen molar-refractivity contribution in [3.05, 3.63) is 83.9 Å². The molecule has 1 aliphatic rings. The summed E-state index contributed by atoms with van der Waals surface area (Å²) in [4.78, 5) is 19.0. The van der Waals surface area contributed by atoms with Crippen molar-refractivity contribution < 1.29 is 4.79 Å². The number of fused-ring (bicyclic) bond motifs is 1. The van der Waals surface area contributed by atoms with E-state index < -0.39 is 0 Å². The average Bonchev–Trinajstić information content (AvgIpc) is 3.14. The van der Waals surface area contributed by atoms with Crippen molar-refractivity contribution in [1.29, 1.82) is 0 Å². The van der Waals surface area contributed by atoms with Gasteiger partial charge in [0.15, 0.2) is 0 Å². The highest BCUT2D eigenvalue weighted by Crippen LogP contribution is 2.25. The lowest BCUT2D eigenvalue weighted by molar-refractivity contribution is 0.0614. The van der Waals surface area contributed by atoms with Crippen molar-refractivity contribution in [3.63, 3.8) is 0 Å². The Hall–Kier alpha value is -2.95. The van der Waals surface area contributed by atoms with Gasteiger partial charge in [-0.25, -0.2) is 4.98 Å². The molecule has 3 aromatic rings. The fraction of sp³-hybridized carbons (Fsp3) is 0.211. The van der Waals surface area contributed by atoms with Crippen molar-refractivity contribution in [2.45, 2.75) is 25.6 Å². The first-order chi connectivity index (χ1) is 11.8. The molecule has 1 unspecified atom stereocenters. The Morgan fingerprint density at radius 3 is 2.54 bits per heavy atom. The summed E-state index contributed by atoms with van der Waals surface area (Å²) >= 11 is 0. The molecule has 1 amide bonds. The van der Waals surface area contributed by atoms with Crippen molar-refractivity contribution in [3.8, 4) is 0 Å². The van der Waals surface area contributed by atoms with E-state index in [9.17, 15) is 4.79 Å². The summed E-state index contributed by atoms with van der Waals surface area (Å²) in [6.45, 7) is 1.27. The molecule has 0 saturated heterocycles. The van der Waals surface area contributed by atoms with Gasteiger partial charge in [0.2, 0.25) is 0 Å². The van der Waals surface area contributed by atoms with E-state index in [1.54, 1.807) is 11.0 Å². The molecule has 0 aliphatic carbocycles. The van der Waals surface area contributed by atoms with Crippen molar-refractivity contribution in [2.75, 3.05) is 0 Å². The van der Waals surface area contributed by atoms with E-state index in [-0.39, 0.29) is 11.9 Å². The van der Waals surface area contributed by atoms with Crippen LogP contribution in [0.4, 0.5) is 0 Å². The second-order valence-electron chi connectivity index (χ2n) is 6.04. The molecular formula is C19H18N4O. The van der Waals surface area contributed by atoms with E-state index in [0.717, 1.165) is 12.0 Å². The molecule has 120 valence electrons. The van der Waals surface area contributed by atoms with Gasteiger partial charge in [0, 0.05) is 12.1 Å². The number of benzene rings is 2. The van der Waals surface area contributed by atoms with Gasteiger partial charge >= 0.3 is 0 Å². The minimum atomic E-state index is 0.0642. The topological polar surface area (TPSA) is 51.0 Å². The molecular weight excluding hydrogens is 300 g/mol. The first kappa shape index (κ1) is 14.6. The Morgan fingerprint density at radius 2 is 1.79 bits per heavy atom. The summed E-state index contributed by atoms with van der Waals surface area (Å²) in [6, 6.07) is 17.9. The quantitative estimate of drug-likeness (QED) is 0.746. The Balaban J connectivity index is 1.67. The van der Waals surface area contributed by atoms with Crippen molar-refractivity contribution in [1.82, 2.24) is 19.7 Å². The molecule has 0 saturated carbocycles. The summed E-state index contributed by atoms with van der Waals surface area (Å²) < 4.78 is 1.80. The maximum absolute atomic E-state index is 13.0. The van der Waals surface area contributed by atoms with Gasteiger partial charge in [0.1, 0.15) is 12.7 Å². The van der Waals surface area contributed by atoms with Crippen LogP contribution in [-0.2, 0) is 19.5 Å². The van der Waals surface area contributed by atoms with Gasteiger partial charge in [-0.2, -0.15) is 5.10 Å². The van der Waals surface area contributed by atoms with Crippen LogP contribution in [0.1, 0.15) is 21.5 Å². The summed E-state index contributed by atoms with van der Waals surface area (Å²) in [5.74, 6) is 0.0650. The molecule has 1 atom stereocenters. The first-order valence-electron chi connectivity index (χ1n) is 8.06. The van der Waals surface area contributed by atoms with Crippen LogP contribution in [-0.4, -0.2) is 31.6 Å². The van der Waals surface area contributed by atoms with Crippen LogP contribution < -0.4 is 0 Å². The Kier molecular flexibility index (Phi) is 3.83. The van der Waals surface area contributed by atoms with Crippen LogP contribution in [0, 0.1) is 0 Å². The Labute approximate surface area is 140 Å². The molecule has 0 radical (unpaired) electrons. The number of carbonyl (C=O) groups excluding carboxylic acids is 1. The third-order valence-corrected chi connectivity index (χ3v) is 4.50. The van der Waals surface area contributed by atoms with Crippen molar-refractivity contribution >= 4 is 5.91 Å². The number of aromatic nitrogens is 3. The number of hydrogen-bond acceptors (Lipinski definition) is 3. The molecule has 1 aromatic heterocycles. The molecule has 0 spiro atoms. The van der Waals surface area contributed by atoms with E-state index in [2.05, 4.69) is 28.3 Å². The minimum Gasteiger partial charge on any atom is -0.329 e. The molecule has 0 fully saturated rings. The summed E-state index contributed by atoms with van der Waals surface area (Å²) in [7, 11) is 0. The van der Waals surface area contributed by atoms with Crippen LogP contribution in [0.3, 0.4) is 0 Å². The molecule has 24 heavy (non-hydrogen) atoms. The molecule has 5 nitrogen and oxygen atoms in total. The maximum Gasteiger partial charge on any atom is 0.254 e. The lowest BCUT2D eigenvalue weighted by Gasteiger charge is -2.37. The molecule has 2 aromatic carbocycles. The Morgan fingerprint density at radius 1 is 1.04 bits per heavy atom. The second-order valence-corrected chi connectivity index (χ2v) is 6.04. The number of rotatable bonds is 3. The number of amides is 1. The lowest BCUT2D eigenvalue weighted by atomic mass is 9.93. The van der Waals surface area contributed by atoms with Crippen LogP contribution in [0.25, 0.3) is 0 Å². The van der Waals surface area contributed by atoms with E-state index in [0.29, 0.717) is 13.1 Å². The van der Waals surface area contributed by atoms with Gasteiger partial charge in [0.25, 0.3) is 5.91 Å². The van der Waals surface area contributed by atoms with Crippen LogP contribution in [0.15, 0.2) is 67.3 Å². The smallest absolute Gasteiger partial charge is 0.254 e. The van der Waals surface area contributed by atoms with Gasteiger partial charge in [-0.15, -0.1) is 0 Å². The molecule has 5 heteroatoms. The normalized spacial score (nSPS) is 16.7. The highest BCUT2D eigenvalue weighted by atomic mass is 16.2. The molecule has 0 N–H and O–H groups in total. The molecule has 0 bridgehead atoms. The van der Waals surface area contributed by atoms with Gasteiger partial charge in [0.05, 0.1) is 12.6 Å². The fourth-order valence-corrected chi connectivity index (χ4v) is 3.28. The SMILES string of the molecule is O=C(c1ccccc1)N1Cc2ccccc2CC1Cn1cncn1. The monoisotopic (exact) mass is 318 g/mol. The van der Waals surface area contributed by atoms with E-state index in [1.807, 2.05) is 41.3 Å². The predicted octanol–water partition coefficient (Wildman–Crippen LogP) is 2.55. The zero-order valence-corrected chi connectivity index (χ0v) is 13.2. The lowest BCUT2D eigenvalue weighted by Crippen LogP contribution is -2.46. The summed E-state index contributed by atoms with van der Waals surface area (Å²) in [6.07, 6.45) is 4.06. The number of nitrogens with zero attached hydrogens (tertiary/aromatic N) is 4. The number of hydrogen-bond donors (Lipinski definition) is 0. The minimum absolute atomic E-state index is 0.0642. The summed E-state index contributed by atoms with van der Waals surface area (Å²) in [5, 5.41) is 4.20. The third-order valence-electron chi connectivity index (χ3n) is 4.50. The molecule has 4 rings (SSSR count). The van der Waals surface area contributed by atoms with Crippen molar-refractivity contribution in [2.24, 2.45) is 0 Å². The number of carbonyl (C=O) groups is 1. The van der Waals surface area contributed by atoms with Crippen LogP contribution in [0.5, 0.6) is 0 Å². The van der Waals surface area contributed by atoms with Crippen LogP contribution in [0.2, 0.25) is 0 Å². The summed E-state index contributed by atoms with van der Waals surface area (Å²) in [5.41, 5.74) is 3.25. The highest BCUT2D eigenvalue weighted by molar-refractivity contribution is 5.94. The van der Waals surface area contributed by atoms with Gasteiger partial charge in [-0.05, 0) is 29.7 Å². The third kappa shape index (κ3) is 2.80. The fourth-order valence-electron chi connectivity index (χ4n) is 3.28. The second kappa shape index (κ2) is 6.28. The first-order valence-corrected chi connectivity index (χ1v) is 8.06. The van der Waals surface area contributed by atoms with Gasteiger partial charge < -0.3 is 4.90 Å². The van der Waals surface area contributed by atoms with E-state index in [4.69, 9.17) is 0 Å². The Bertz CT molecular complexity index is 830. The predicted molar refractivity (Wildman–Crippen MR) is 90.3 cm³/mol. The molecule has 2 heterocycles. The highest BCUT2D eigenvalue weighted by Gasteiger charge is 2.30. The molecule has 1 aliphatic heterocycles. The van der Waals surface area contributed by atoms with Crippen LogP contribution >= 0.6 is 0 Å². The average molecular weight is 318 g/mol. The zero-order valence-electron chi connectivity index (χ0n) is 13.2. The standard InChI is InChI=1S/C19H18N4O/c24-19(15-6-2-1-3-7-15)23-11-17-9-5-4-8-16(17)10-18(23)12-22-14-20-13-21-22/h1-9,13-14,18H,10-12H2. The largest absolute Gasteiger partial charge is 0.329 e. The zero-order chi connectivity index (χ0) is 16.4. The van der Waals surface area contributed by atoms with E-state index in [1.165, 1.54) is 17.5 Å². The van der Waals surface area contributed by atoms with Gasteiger partial charge in [-0.1, -0.05) is 42.5 Å².